The summed E-state index contributed by atoms with van der Waals surface area (Å²) in [7, 11) is 0. The van der Waals surface area contributed by atoms with Crippen molar-refractivity contribution in [2.75, 3.05) is 39.3 Å². The lowest BCUT2D eigenvalue weighted by Gasteiger charge is -2.34. The summed E-state index contributed by atoms with van der Waals surface area (Å²) in [5.41, 5.74) is 0. The van der Waals surface area contributed by atoms with Gasteiger partial charge in [0.2, 0.25) is 6.36 Å². The van der Waals surface area contributed by atoms with Gasteiger partial charge < -0.3 is 19.5 Å². The van der Waals surface area contributed by atoms with E-state index in [1.54, 1.807) is 0 Å². The van der Waals surface area contributed by atoms with Gasteiger partial charge in [-0.2, -0.15) is 0 Å². The van der Waals surface area contributed by atoms with E-state index in [-0.39, 0.29) is 25.9 Å². The van der Waals surface area contributed by atoms with Crippen molar-refractivity contribution in [3.05, 3.63) is 0 Å². The lowest BCUT2D eigenvalue weighted by molar-refractivity contribution is -0.148. The first kappa shape index (κ1) is 20.1. The average Bonchev–Trinajstić information content (AvgIpc) is 2.53. The zero-order valence-electron chi connectivity index (χ0n) is 13.9. The number of ether oxygens (including phenoxy) is 2. The minimum atomic E-state index is -1.56. The molecule has 0 radical (unpaired) electrons. The molecule has 0 aromatic heterocycles. The molecule has 0 aromatic rings. The van der Waals surface area contributed by atoms with Gasteiger partial charge in [0.05, 0.1) is 12.8 Å². The number of aliphatic carboxylic acids is 1. The highest BCUT2D eigenvalue weighted by Crippen LogP contribution is 2.09. The summed E-state index contributed by atoms with van der Waals surface area (Å²) in [6.07, 6.45) is -1.79. The standard InChI is InChI=1S/C15H25FN2O6/c1-2-3-12(16)24-15(22)18-8-6-17(7-9-18)10-11-23-14(21)5-4-13(19)20/h12H,2-11H2,1H3,(H,19,20). The third-order valence-electron chi connectivity index (χ3n) is 3.59. The van der Waals surface area contributed by atoms with Crippen molar-refractivity contribution in [2.45, 2.75) is 39.0 Å². The number of esters is 1. The van der Waals surface area contributed by atoms with Crippen molar-refractivity contribution in [3.8, 4) is 0 Å². The van der Waals surface area contributed by atoms with Crippen LogP contribution < -0.4 is 0 Å². The van der Waals surface area contributed by atoms with Gasteiger partial charge in [-0.15, -0.1) is 0 Å². The summed E-state index contributed by atoms with van der Waals surface area (Å²) in [6.45, 7) is 4.48. The number of carbonyl (C=O) groups excluding carboxylic acids is 2. The fraction of sp³-hybridized carbons (Fsp3) is 0.800. The molecular weight excluding hydrogens is 323 g/mol. The van der Waals surface area contributed by atoms with Crippen LogP contribution in [0, 0.1) is 0 Å². The fourth-order valence-corrected chi connectivity index (χ4v) is 2.19. The maximum absolute atomic E-state index is 13.3. The van der Waals surface area contributed by atoms with E-state index in [0.29, 0.717) is 39.1 Å². The van der Waals surface area contributed by atoms with Gasteiger partial charge in [0.1, 0.15) is 6.61 Å². The molecule has 1 saturated heterocycles. The van der Waals surface area contributed by atoms with E-state index in [2.05, 4.69) is 0 Å². The number of nitrogens with zero attached hydrogens (tertiary/aromatic N) is 2. The van der Waals surface area contributed by atoms with Gasteiger partial charge in [0.15, 0.2) is 0 Å². The summed E-state index contributed by atoms with van der Waals surface area (Å²) < 4.78 is 22.9. The third-order valence-corrected chi connectivity index (χ3v) is 3.59. The molecule has 0 spiro atoms. The number of amides is 1. The lowest BCUT2D eigenvalue weighted by atomic mass is 10.3. The summed E-state index contributed by atoms with van der Waals surface area (Å²) in [5.74, 6) is -1.58. The predicted octanol–water partition coefficient (Wildman–Crippen LogP) is 1.24. The predicted molar refractivity (Wildman–Crippen MR) is 82.1 cm³/mol. The number of carboxylic acid groups (broad SMARTS) is 1. The molecule has 8 nitrogen and oxygen atoms in total. The highest BCUT2D eigenvalue weighted by Gasteiger charge is 2.24. The molecule has 0 bridgehead atoms. The van der Waals surface area contributed by atoms with Crippen molar-refractivity contribution in [3.63, 3.8) is 0 Å². The Morgan fingerprint density at radius 3 is 2.42 bits per heavy atom. The minimum Gasteiger partial charge on any atom is -0.481 e. The zero-order chi connectivity index (χ0) is 17.9. The van der Waals surface area contributed by atoms with E-state index in [4.69, 9.17) is 14.6 Å². The van der Waals surface area contributed by atoms with Crippen molar-refractivity contribution >= 4 is 18.0 Å². The van der Waals surface area contributed by atoms with Crippen LogP contribution >= 0.6 is 0 Å². The Morgan fingerprint density at radius 1 is 1.17 bits per heavy atom. The van der Waals surface area contributed by atoms with Crippen molar-refractivity contribution in [2.24, 2.45) is 0 Å². The zero-order valence-corrected chi connectivity index (χ0v) is 13.9. The topological polar surface area (TPSA) is 96.4 Å². The van der Waals surface area contributed by atoms with E-state index in [1.807, 2.05) is 11.8 Å². The third kappa shape index (κ3) is 8.09. The first-order valence-electron chi connectivity index (χ1n) is 8.11. The van der Waals surface area contributed by atoms with E-state index in [9.17, 15) is 18.8 Å². The Kier molecular flexibility index (Phi) is 9.06. The maximum atomic E-state index is 13.3. The summed E-state index contributed by atoms with van der Waals surface area (Å²) in [4.78, 5) is 36.8. The van der Waals surface area contributed by atoms with Crippen LogP contribution in [-0.2, 0) is 19.1 Å². The van der Waals surface area contributed by atoms with Crippen LogP contribution in [0.3, 0.4) is 0 Å². The quantitative estimate of drug-likeness (QED) is 0.626. The molecule has 1 aliphatic rings. The molecule has 1 atom stereocenters. The second-order valence-electron chi connectivity index (χ2n) is 5.53. The summed E-state index contributed by atoms with van der Waals surface area (Å²) in [5, 5.41) is 8.46. The number of hydrogen-bond donors (Lipinski definition) is 1. The number of carboxylic acids is 1. The van der Waals surface area contributed by atoms with Crippen molar-refractivity contribution < 1.29 is 33.4 Å². The van der Waals surface area contributed by atoms with Crippen LogP contribution in [-0.4, -0.2) is 78.6 Å². The molecule has 1 unspecified atom stereocenters. The molecule has 1 heterocycles. The number of alkyl halides is 1. The Morgan fingerprint density at radius 2 is 1.83 bits per heavy atom. The van der Waals surface area contributed by atoms with E-state index in [1.165, 1.54) is 4.90 Å². The van der Waals surface area contributed by atoms with E-state index < -0.39 is 24.4 Å². The Bertz CT molecular complexity index is 426. The number of carbonyl (C=O) groups is 3. The molecule has 138 valence electrons. The molecule has 0 aromatic carbocycles. The van der Waals surface area contributed by atoms with Crippen LogP contribution in [0.5, 0.6) is 0 Å². The van der Waals surface area contributed by atoms with Gasteiger partial charge in [0.25, 0.3) is 0 Å². The highest BCUT2D eigenvalue weighted by atomic mass is 19.1. The van der Waals surface area contributed by atoms with Gasteiger partial charge in [-0.05, 0) is 6.42 Å². The Labute approximate surface area is 140 Å². The first-order valence-corrected chi connectivity index (χ1v) is 8.11. The smallest absolute Gasteiger partial charge is 0.412 e. The van der Waals surface area contributed by atoms with E-state index in [0.717, 1.165) is 0 Å². The second-order valence-corrected chi connectivity index (χ2v) is 5.53. The first-order chi connectivity index (χ1) is 11.4. The van der Waals surface area contributed by atoms with Gasteiger partial charge in [-0.1, -0.05) is 6.92 Å². The summed E-state index contributed by atoms with van der Waals surface area (Å²) >= 11 is 0. The van der Waals surface area contributed by atoms with Gasteiger partial charge in [0, 0.05) is 39.1 Å². The molecule has 1 rings (SSSR count). The number of halogens is 1. The summed E-state index contributed by atoms with van der Waals surface area (Å²) in [6, 6.07) is 0. The molecule has 1 aliphatic heterocycles. The largest absolute Gasteiger partial charge is 0.481 e. The van der Waals surface area contributed by atoms with Crippen LogP contribution in [0.4, 0.5) is 9.18 Å². The molecular formula is C15H25FN2O6. The Hall–Kier alpha value is -1.90. The molecule has 0 saturated carbocycles. The molecule has 0 aliphatic carbocycles. The fourth-order valence-electron chi connectivity index (χ4n) is 2.19. The number of piperazine rings is 1. The van der Waals surface area contributed by atoms with Crippen molar-refractivity contribution in [1.29, 1.82) is 0 Å². The molecule has 1 amide bonds. The van der Waals surface area contributed by atoms with Gasteiger partial charge in [-0.3, -0.25) is 14.5 Å². The SMILES string of the molecule is CCCC(F)OC(=O)N1CCN(CCOC(=O)CCC(=O)O)CC1. The average molecular weight is 348 g/mol. The number of rotatable bonds is 9. The van der Waals surface area contributed by atoms with Gasteiger partial charge >= 0.3 is 18.0 Å². The molecule has 1 fully saturated rings. The van der Waals surface area contributed by atoms with Crippen LogP contribution in [0.25, 0.3) is 0 Å². The van der Waals surface area contributed by atoms with E-state index >= 15 is 0 Å². The molecule has 9 heteroatoms. The van der Waals surface area contributed by atoms with Crippen LogP contribution in [0.15, 0.2) is 0 Å². The minimum absolute atomic E-state index is 0.142. The van der Waals surface area contributed by atoms with Crippen LogP contribution in [0.2, 0.25) is 0 Å². The molecule has 1 N–H and O–H groups in total. The number of hydrogen-bond acceptors (Lipinski definition) is 6. The Balaban J connectivity index is 2.16. The van der Waals surface area contributed by atoms with Crippen LogP contribution in [0.1, 0.15) is 32.6 Å². The highest BCUT2D eigenvalue weighted by molar-refractivity contribution is 5.76. The molecule has 24 heavy (non-hydrogen) atoms. The monoisotopic (exact) mass is 348 g/mol. The maximum Gasteiger partial charge on any atom is 0.412 e. The second kappa shape index (κ2) is 10.8. The lowest BCUT2D eigenvalue weighted by Crippen LogP contribution is -2.50. The van der Waals surface area contributed by atoms with Gasteiger partial charge in [-0.25, -0.2) is 9.18 Å². The van der Waals surface area contributed by atoms with Crippen molar-refractivity contribution in [1.82, 2.24) is 9.80 Å². The normalized spacial score (nSPS) is 16.5.